The molecule has 3 rings (SSSR count). The monoisotopic (exact) mass is 308 g/mol. The fourth-order valence-corrected chi connectivity index (χ4v) is 2.08. The second-order valence-electron chi connectivity index (χ2n) is 4.74. The summed E-state index contributed by atoms with van der Waals surface area (Å²) in [5.41, 5.74) is 2.69. The lowest BCUT2D eigenvalue weighted by Crippen LogP contribution is -2.17. The summed E-state index contributed by atoms with van der Waals surface area (Å²) in [6.07, 6.45) is 1.24. The first-order valence-electron chi connectivity index (χ1n) is 6.79. The highest BCUT2D eigenvalue weighted by atomic mass is 16.4. The summed E-state index contributed by atoms with van der Waals surface area (Å²) in [4.78, 5) is 23.2. The molecule has 0 aliphatic heterocycles. The summed E-state index contributed by atoms with van der Waals surface area (Å²) >= 11 is 0. The molecule has 114 valence electrons. The summed E-state index contributed by atoms with van der Waals surface area (Å²) in [5, 5.41) is 14.4. The molecular weight excluding hydrogens is 296 g/mol. The summed E-state index contributed by atoms with van der Waals surface area (Å²) in [6.45, 7) is 0. The standard InChI is InChI=1S/C17H12N2O4/c20-14-8-6-11-7-9-15(21)23-16(11)13(14)10-18-19-17(22)12-4-2-1-3-5-12/h1-10,20H,(H,19,22)/b18-10+. The number of rotatable bonds is 3. The Morgan fingerprint density at radius 2 is 1.83 bits per heavy atom. The number of nitrogens with zero attached hydrogens (tertiary/aromatic N) is 1. The van der Waals surface area contributed by atoms with Crippen molar-refractivity contribution >= 4 is 23.1 Å². The smallest absolute Gasteiger partial charge is 0.336 e. The third-order valence-electron chi connectivity index (χ3n) is 3.20. The summed E-state index contributed by atoms with van der Waals surface area (Å²) in [6, 6.07) is 14.5. The van der Waals surface area contributed by atoms with Gasteiger partial charge in [-0.25, -0.2) is 10.2 Å². The molecule has 0 fully saturated rings. The Morgan fingerprint density at radius 3 is 2.61 bits per heavy atom. The van der Waals surface area contributed by atoms with E-state index in [-0.39, 0.29) is 22.8 Å². The topological polar surface area (TPSA) is 91.9 Å². The number of benzene rings is 2. The first kappa shape index (κ1) is 14.5. The van der Waals surface area contributed by atoms with E-state index in [4.69, 9.17) is 4.42 Å². The number of phenolic OH excluding ortho intramolecular Hbond substituents is 1. The molecule has 6 nitrogen and oxygen atoms in total. The zero-order chi connectivity index (χ0) is 16.2. The number of amides is 1. The number of phenols is 1. The van der Waals surface area contributed by atoms with E-state index >= 15 is 0 Å². The number of aromatic hydroxyl groups is 1. The van der Waals surface area contributed by atoms with Crippen LogP contribution < -0.4 is 11.1 Å². The van der Waals surface area contributed by atoms with Gasteiger partial charge < -0.3 is 9.52 Å². The van der Waals surface area contributed by atoms with Crippen molar-refractivity contribution in [3.05, 3.63) is 76.1 Å². The van der Waals surface area contributed by atoms with E-state index in [0.29, 0.717) is 10.9 Å². The second-order valence-corrected chi connectivity index (χ2v) is 4.74. The Kier molecular flexibility index (Phi) is 3.88. The highest BCUT2D eigenvalue weighted by molar-refractivity contribution is 6.00. The van der Waals surface area contributed by atoms with Crippen LogP contribution >= 0.6 is 0 Å². The molecule has 1 amide bonds. The molecule has 0 atom stereocenters. The maximum atomic E-state index is 11.9. The fourth-order valence-electron chi connectivity index (χ4n) is 2.08. The number of carbonyl (C=O) groups excluding carboxylic acids is 1. The van der Waals surface area contributed by atoms with Crippen LogP contribution in [0.1, 0.15) is 15.9 Å². The van der Waals surface area contributed by atoms with Crippen LogP contribution in [-0.2, 0) is 0 Å². The number of carbonyl (C=O) groups is 1. The summed E-state index contributed by atoms with van der Waals surface area (Å²) < 4.78 is 5.10. The SMILES string of the molecule is O=C(N/N=C/c1c(O)ccc2ccc(=O)oc12)c1ccccc1. The minimum atomic E-state index is -0.536. The maximum absolute atomic E-state index is 11.9. The average Bonchev–Trinajstić information content (AvgIpc) is 2.57. The first-order chi connectivity index (χ1) is 11.1. The molecule has 2 N–H and O–H groups in total. The van der Waals surface area contributed by atoms with E-state index in [2.05, 4.69) is 10.5 Å². The van der Waals surface area contributed by atoms with E-state index in [0.717, 1.165) is 0 Å². The van der Waals surface area contributed by atoms with Crippen LogP contribution in [0.4, 0.5) is 0 Å². The average molecular weight is 308 g/mol. The van der Waals surface area contributed by atoms with Gasteiger partial charge in [-0.05, 0) is 30.3 Å². The minimum absolute atomic E-state index is 0.107. The minimum Gasteiger partial charge on any atom is -0.507 e. The number of nitrogens with one attached hydrogen (secondary N) is 1. The van der Waals surface area contributed by atoms with E-state index in [1.54, 1.807) is 42.5 Å². The van der Waals surface area contributed by atoms with Crippen LogP contribution in [0.5, 0.6) is 5.75 Å². The lowest BCUT2D eigenvalue weighted by atomic mass is 10.1. The van der Waals surface area contributed by atoms with Crippen molar-refractivity contribution in [3.63, 3.8) is 0 Å². The Bertz CT molecular complexity index is 946. The molecule has 0 radical (unpaired) electrons. The predicted octanol–water partition coefficient (Wildman–Crippen LogP) is 2.26. The third kappa shape index (κ3) is 3.11. The van der Waals surface area contributed by atoms with Gasteiger partial charge in [-0.1, -0.05) is 18.2 Å². The lowest BCUT2D eigenvalue weighted by molar-refractivity contribution is 0.0955. The maximum Gasteiger partial charge on any atom is 0.336 e. The predicted molar refractivity (Wildman–Crippen MR) is 85.7 cm³/mol. The van der Waals surface area contributed by atoms with Crippen molar-refractivity contribution in [2.24, 2.45) is 5.10 Å². The molecule has 0 saturated heterocycles. The molecule has 1 heterocycles. The molecule has 0 saturated carbocycles. The highest BCUT2D eigenvalue weighted by Crippen LogP contribution is 2.24. The molecule has 0 aliphatic carbocycles. The second kappa shape index (κ2) is 6.15. The van der Waals surface area contributed by atoms with Crippen molar-refractivity contribution in [1.29, 1.82) is 0 Å². The van der Waals surface area contributed by atoms with Gasteiger partial charge >= 0.3 is 5.63 Å². The first-order valence-corrected chi connectivity index (χ1v) is 6.79. The Morgan fingerprint density at radius 1 is 1.09 bits per heavy atom. The Labute approximate surface area is 130 Å². The van der Waals surface area contributed by atoms with Crippen LogP contribution in [-0.4, -0.2) is 17.2 Å². The Balaban J connectivity index is 1.89. The van der Waals surface area contributed by atoms with Gasteiger partial charge in [0.15, 0.2) is 5.58 Å². The molecule has 1 aromatic heterocycles. The van der Waals surface area contributed by atoms with Gasteiger partial charge in [0, 0.05) is 17.0 Å². The fraction of sp³-hybridized carbons (Fsp3) is 0. The van der Waals surface area contributed by atoms with Crippen LogP contribution in [0.2, 0.25) is 0 Å². The highest BCUT2D eigenvalue weighted by Gasteiger charge is 2.08. The van der Waals surface area contributed by atoms with Gasteiger partial charge in [0.1, 0.15) is 5.75 Å². The van der Waals surface area contributed by atoms with E-state index in [9.17, 15) is 14.7 Å². The van der Waals surface area contributed by atoms with Gasteiger partial charge in [0.05, 0.1) is 11.8 Å². The molecule has 6 heteroatoms. The normalized spacial score (nSPS) is 11.0. The molecule has 0 spiro atoms. The van der Waals surface area contributed by atoms with Crippen LogP contribution in [0.15, 0.2) is 68.9 Å². The van der Waals surface area contributed by atoms with E-state index < -0.39 is 5.63 Å². The van der Waals surface area contributed by atoms with Crippen molar-refractivity contribution in [2.45, 2.75) is 0 Å². The third-order valence-corrected chi connectivity index (χ3v) is 3.20. The van der Waals surface area contributed by atoms with E-state index in [1.165, 1.54) is 18.3 Å². The van der Waals surface area contributed by atoms with Crippen molar-refractivity contribution < 1.29 is 14.3 Å². The van der Waals surface area contributed by atoms with Gasteiger partial charge in [0.25, 0.3) is 5.91 Å². The van der Waals surface area contributed by atoms with Gasteiger partial charge in [-0.3, -0.25) is 4.79 Å². The molecular formula is C17H12N2O4. The van der Waals surface area contributed by atoms with Gasteiger partial charge in [-0.2, -0.15) is 5.10 Å². The molecule has 0 bridgehead atoms. The quantitative estimate of drug-likeness (QED) is 0.441. The number of fused-ring (bicyclic) bond motifs is 1. The molecule has 3 aromatic rings. The molecule has 23 heavy (non-hydrogen) atoms. The number of hydrogen-bond donors (Lipinski definition) is 2. The van der Waals surface area contributed by atoms with Gasteiger partial charge in [-0.15, -0.1) is 0 Å². The zero-order valence-electron chi connectivity index (χ0n) is 11.9. The van der Waals surface area contributed by atoms with Crippen LogP contribution in [0.25, 0.3) is 11.0 Å². The van der Waals surface area contributed by atoms with Crippen molar-refractivity contribution in [2.75, 3.05) is 0 Å². The summed E-state index contributed by atoms with van der Waals surface area (Å²) in [7, 11) is 0. The van der Waals surface area contributed by atoms with Crippen molar-refractivity contribution in [3.8, 4) is 5.75 Å². The zero-order valence-corrected chi connectivity index (χ0v) is 11.9. The van der Waals surface area contributed by atoms with E-state index in [1.807, 2.05) is 0 Å². The molecule has 0 aliphatic rings. The number of hydrazone groups is 1. The van der Waals surface area contributed by atoms with Gasteiger partial charge in [0.2, 0.25) is 0 Å². The largest absolute Gasteiger partial charge is 0.507 e. The molecule has 2 aromatic carbocycles. The number of hydrogen-bond acceptors (Lipinski definition) is 5. The Hall–Kier alpha value is -3.41. The molecule has 0 unspecified atom stereocenters. The lowest BCUT2D eigenvalue weighted by Gasteiger charge is -2.03. The van der Waals surface area contributed by atoms with Crippen LogP contribution in [0.3, 0.4) is 0 Å². The van der Waals surface area contributed by atoms with Crippen LogP contribution in [0, 0.1) is 0 Å². The van der Waals surface area contributed by atoms with Crippen molar-refractivity contribution in [1.82, 2.24) is 5.43 Å². The summed E-state index contributed by atoms with van der Waals surface area (Å²) in [5.74, 6) is -0.493.